The second kappa shape index (κ2) is 9.45. The van der Waals surface area contributed by atoms with E-state index < -0.39 is 0 Å². The van der Waals surface area contributed by atoms with Crippen LogP contribution in [0.2, 0.25) is 10.0 Å². The molecule has 2 atom stereocenters. The van der Waals surface area contributed by atoms with Crippen molar-refractivity contribution in [3.05, 3.63) is 28.2 Å². The van der Waals surface area contributed by atoms with Gasteiger partial charge in [-0.2, -0.15) is 0 Å². The molecule has 3 aliphatic rings. The van der Waals surface area contributed by atoms with Gasteiger partial charge in [-0.1, -0.05) is 36.5 Å². The molecule has 4 rings (SSSR count). The van der Waals surface area contributed by atoms with Crippen LogP contribution in [0.4, 0.5) is 5.69 Å². The van der Waals surface area contributed by atoms with Crippen molar-refractivity contribution in [3.63, 3.8) is 0 Å². The minimum atomic E-state index is 0.235. The Morgan fingerprint density at radius 1 is 1.10 bits per heavy atom. The lowest BCUT2D eigenvalue weighted by atomic mass is 9.84. The Morgan fingerprint density at radius 3 is 2.52 bits per heavy atom. The minimum Gasteiger partial charge on any atom is -0.368 e. The number of carbonyl (C=O) groups excluding carboxylic acids is 1. The number of halogens is 2. The van der Waals surface area contributed by atoms with Gasteiger partial charge in [-0.15, -0.1) is 0 Å². The van der Waals surface area contributed by atoms with Crippen LogP contribution in [-0.4, -0.2) is 49.6 Å². The van der Waals surface area contributed by atoms with Crippen LogP contribution in [0, 0.1) is 17.8 Å². The van der Waals surface area contributed by atoms with Crippen molar-refractivity contribution in [2.24, 2.45) is 17.8 Å². The average Bonchev–Trinajstić information content (AvgIpc) is 3.50. The Balaban J connectivity index is 1.18. The predicted octanol–water partition coefficient (Wildman–Crippen LogP) is 4.84. The number of amides is 1. The summed E-state index contributed by atoms with van der Waals surface area (Å²) >= 11 is 12.5. The molecule has 0 bridgehead atoms. The van der Waals surface area contributed by atoms with E-state index in [9.17, 15) is 4.79 Å². The molecule has 29 heavy (non-hydrogen) atoms. The fraction of sp³-hybridized carbons (Fsp3) is 0.696. The van der Waals surface area contributed by atoms with Crippen LogP contribution in [0.3, 0.4) is 0 Å². The summed E-state index contributed by atoms with van der Waals surface area (Å²) in [6, 6.07) is 6.07. The molecule has 3 fully saturated rings. The molecule has 4 nitrogen and oxygen atoms in total. The zero-order valence-corrected chi connectivity index (χ0v) is 18.9. The molecule has 0 spiro atoms. The molecule has 1 saturated heterocycles. The Bertz CT molecular complexity index is 712. The van der Waals surface area contributed by atoms with E-state index in [4.69, 9.17) is 23.2 Å². The zero-order chi connectivity index (χ0) is 20.4. The molecule has 1 N–H and O–H groups in total. The van der Waals surface area contributed by atoms with Gasteiger partial charge in [0.1, 0.15) is 0 Å². The van der Waals surface area contributed by atoms with Gasteiger partial charge >= 0.3 is 0 Å². The third-order valence-corrected chi connectivity index (χ3v) is 7.70. The Labute approximate surface area is 184 Å². The average molecular weight is 438 g/mol. The normalized spacial score (nSPS) is 30.2. The molecule has 0 unspecified atom stereocenters. The molecule has 1 aliphatic heterocycles. The molecule has 0 aromatic heterocycles. The maximum absolute atomic E-state index is 12.6. The van der Waals surface area contributed by atoms with E-state index in [2.05, 4.69) is 22.0 Å². The lowest BCUT2D eigenvalue weighted by Gasteiger charge is -2.36. The van der Waals surface area contributed by atoms with E-state index in [1.165, 1.54) is 19.3 Å². The van der Waals surface area contributed by atoms with E-state index in [0.717, 1.165) is 73.6 Å². The fourth-order valence-corrected chi connectivity index (χ4v) is 5.43. The summed E-state index contributed by atoms with van der Waals surface area (Å²) in [5, 5.41) is 4.82. The lowest BCUT2D eigenvalue weighted by molar-refractivity contribution is -0.123. The molecular weight excluding hydrogens is 405 g/mol. The van der Waals surface area contributed by atoms with E-state index in [1.807, 2.05) is 18.2 Å². The highest BCUT2D eigenvalue weighted by Crippen LogP contribution is 2.40. The number of hydrogen-bond acceptors (Lipinski definition) is 3. The topological polar surface area (TPSA) is 35.6 Å². The number of nitrogens with zero attached hydrogens (tertiary/aromatic N) is 2. The Morgan fingerprint density at radius 2 is 1.83 bits per heavy atom. The molecule has 1 amide bonds. The van der Waals surface area contributed by atoms with E-state index >= 15 is 0 Å². The predicted molar refractivity (Wildman–Crippen MR) is 121 cm³/mol. The third kappa shape index (κ3) is 5.39. The number of rotatable bonds is 6. The fourth-order valence-electron chi connectivity index (χ4n) is 5.02. The van der Waals surface area contributed by atoms with Gasteiger partial charge in [0, 0.05) is 49.7 Å². The molecule has 1 heterocycles. The smallest absolute Gasteiger partial charge is 0.223 e. The van der Waals surface area contributed by atoms with Gasteiger partial charge in [-0.05, 0) is 62.1 Å². The molecular formula is C23H33Cl2N3O. The highest BCUT2D eigenvalue weighted by Gasteiger charge is 2.44. The van der Waals surface area contributed by atoms with Crippen molar-refractivity contribution in [3.8, 4) is 0 Å². The first kappa shape index (κ1) is 21.3. The second-order valence-electron chi connectivity index (χ2n) is 9.12. The minimum absolute atomic E-state index is 0.235. The number of carbonyl (C=O) groups is 1. The third-order valence-electron chi connectivity index (χ3n) is 7.14. The van der Waals surface area contributed by atoms with Gasteiger partial charge in [0.15, 0.2) is 0 Å². The number of piperazine rings is 1. The van der Waals surface area contributed by atoms with Crippen LogP contribution in [0.25, 0.3) is 0 Å². The van der Waals surface area contributed by atoms with Crippen molar-refractivity contribution in [1.29, 1.82) is 0 Å². The Hall–Kier alpha value is -0.970. The van der Waals surface area contributed by atoms with Crippen LogP contribution < -0.4 is 10.2 Å². The van der Waals surface area contributed by atoms with Gasteiger partial charge < -0.3 is 10.2 Å². The van der Waals surface area contributed by atoms with Crippen LogP contribution in [0.15, 0.2) is 18.2 Å². The molecule has 160 valence electrons. The monoisotopic (exact) mass is 437 g/mol. The van der Waals surface area contributed by atoms with Gasteiger partial charge in [0.2, 0.25) is 5.91 Å². The van der Waals surface area contributed by atoms with Crippen LogP contribution in [0.5, 0.6) is 0 Å². The standard InChI is InChI=1S/C23H33Cl2N3O/c1-2-16-3-6-19(7-4-16)26-23(29)20-13-17(20)15-27-9-11-28(12-10-27)22-14-18(24)5-8-21(22)25/h5,8,14,16-17,19-20H,2-4,6-7,9-13,15H2,1H3,(H,26,29)/t16?,17-,19?,20+/m0/s1. The highest BCUT2D eigenvalue weighted by atomic mass is 35.5. The first-order chi connectivity index (χ1) is 14.0. The number of nitrogens with one attached hydrogen (secondary N) is 1. The van der Waals surface area contributed by atoms with Gasteiger partial charge in [-0.3, -0.25) is 9.69 Å². The summed E-state index contributed by atoms with van der Waals surface area (Å²) in [5.41, 5.74) is 1.03. The molecule has 2 aliphatic carbocycles. The van der Waals surface area contributed by atoms with Crippen molar-refractivity contribution in [2.75, 3.05) is 37.6 Å². The van der Waals surface area contributed by atoms with E-state index in [1.54, 1.807) is 0 Å². The van der Waals surface area contributed by atoms with E-state index in [-0.39, 0.29) is 5.92 Å². The number of anilines is 1. The van der Waals surface area contributed by atoms with Crippen LogP contribution in [-0.2, 0) is 4.79 Å². The summed E-state index contributed by atoms with van der Waals surface area (Å²) in [6.45, 7) is 7.23. The van der Waals surface area contributed by atoms with Gasteiger partial charge in [0.05, 0.1) is 10.7 Å². The zero-order valence-electron chi connectivity index (χ0n) is 17.4. The first-order valence-corrected chi connectivity index (χ1v) is 12.0. The van der Waals surface area contributed by atoms with Crippen molar-refractivity contribution in [2.45, 2.75) is 51.5 Å². The van der Waals surface area contributed by atoms with Crippen molar-refractivity contribution >= 4 is 34.8 Å². The Kier molecular flexibility index (Phi) is 6.93. The molecule has 6 heteroatoms. The van der Waals surface area contributed by atoms with Gasteiger partial charge in [0.25, 0.3) is 0 Å². The maximum Gasteiger partial charge on any atom is 0.223 e. The molecule has 0 radical (unpaired) electrons. The summed E-state index contributed by atoms with van der Waals surface area (Å²) in [4.78, 5) is 17.4. The van der Waals surface area contributed by atoms with Crippen molar-refractivity contribution in [1.82, 2.24) is 10.2 Å². The van der Waals surface area contributed by atoms with Crippen LogP contribution >= 0.6 is 23.2 Å². The van der Waals surface area contributed by atoms with Crippen LogP contribution in [0.1, 0.15) is 45.4 Å². The molecule has 1 aromatic carbocycles. The van der Waals surface area contributed by atoms with E-state index in [0.29, 0.717) is 17.9 Å². The summed E-state index contributed by atoms with van der Waals surface area (Å²) in [5.74, 6) is 1.94. The summed E-state index contributed by atoms with van der Waals surface area (Å²) in [7, 11) is 0. The highest BCUT2D eigenvalue weighted by molar-refractivity contribution is 6.35. The maximum atomic E-state index is 12.6. The number of hydrogen-bond donors (Lipinski definition) is 1. The van der Waals surface area contributed by atoms with Crippen molar-refractivity contribution < 1.29 is 4.79 Å². The second-order valence-corrected chi connectivity index (χ2v) is 9.96. The van der Waals surface area contributed by atoms with Gasteiger partial charge in [-0.25, -0.2) is 0 Å². The summed E-state index contributed by atoms with van der Waals surface area (Å²) < 4.78 is 0. The molecule has 1 aromatic rings. The first-order valence-electron chi connectivity index (χ1n) is 11.3. The quantitative estimate of drug-likeness (QED) is 0.691. The molecule has 2 saturated carbocycles. The number of benzene rings is 1. The largest absolute Gasteiger partial charge is 0.368 e. The summed E-state index contributed by atoms with van der Waals surface area (Å²) in [6.07, 6.45) is 7.21. The SMILES string of the molecule is CCC1CCC(NC(=O)[C@@H]2C[C@H]2CN2CCN(c3cc(Cl)ccc3Cl)CC2)CC1. The lowest BCUT2D eigenvalue weighted by Crippen LogP contribution is -2.47.